The number of halogens is 3. The number of hydrogen-bond acceptors (Lipinski definition) is 5. The Morgan fingerprint density at radius 1 is 1.03 bits per heavy atom. The number of benzene rings is 2. The predicted molar refractivity (Wildman–Crippen MR) is 98.8 cm³/mol. The van der Waals surface area contributed by atoms with Crippen LogP contribution in [0.4, 0.5) is 19.1 Å². The first-order valence-corrected chi connectivity index (χ1v) is 10.0. The molecular weight excluding hydrogens is 409 g/mol. The quantitative estimate of drug-likeness (QED) is 0.649. The molecule has 0 saturated carbocycles. The summed E-state index contributed by atoms with van der Waals surface area (Å²) in [5.41, 5.74) is 1.25. The number of sulfone groups is 1. The molecule has 152 valence electrons. The van der Waals surface area contributed by atoms with Crippen molar-refractivity contribution < 1.29 is 30.8 Å². The van der Waals surface area contributed by atoms with Gasteiger partial charge in [0.2, 0.25) is 11.8 Å². The summed E-state index contributed by atoms with van der Waals surface area (Å²) in [7, 11) is -3.52. The second kappa shape index (κ2) is 8.08. The molecule has 0 saturated heterocycles. The Morgan fingerprint density at radius 2 is 1.69 bits per heavy atom. The molecule has 0 atom stereocenters. The molecule has 3 rings (SSSR count). The Labute approximate surface area is 164 Å². The fourth-order valence-corrected chi connectivity index (χ4v) is 3.76. The molecule has 1 aromatic heterocycles. The van der Waals surface area contributed by atoms with Gasteiger partial charge in [0.15, 0.2) is 9.84 Å². The van der Waals surface area contributed by atoms with Crippen molar-refractivity contribution in [1.82, 2.24) is 4.98 Å². The van der Waals surface area contributed by atoms with Gasteiger partial charge < -0.3 is 4.42 Å². The highest BCUT2D eigenvalue weighted by atomic mass is 32.2. The number of nitrogens with one attached hydrogen (secondary N) is 1. The summed E-state index contributed by atoms with van der Waals surface area (Å²) >= 11 is 0. The topological polar surface area (TPSA) is 89.3 Å². The number of aryl methyl sites for hydroxylation is 1. The average molecular weight is 424 g/mol. The molecule has 0 aliphatic carbocycles. The van der Waals surface area contributed by atoms with E-state index < -0.39 is 27.8 Å². The van der Waals surface area contributed by atoms with Gasteiger partial charge in [-0.15, -0.1) is 0 Å². The van der Waals surface area contributed by atoms with Crippen molar-refractivity contribution in [1.29, 1.82) is 0 Å². The molecule has 1 heterocycles. The average Bonchev–Trinajstić information content (AvgIpc) is 3.15. The Kier molecular flexibility index (Phi) is 5.73. The second-order valence-corrected chi connectivity index (χ2v) is 8.17. The zero-order chi connectivity index (χ0) is 21.1. The van der Waals surface area contributed by atoms with Crippen molar-refractivity contribution in [2.45, 2.75) is 17.5 Å². The Bertz CT molecular complexity index is 1090. The Balaban J connectivity index is 1.69. The van der Waals surface area contributed by atoms with Gasteiger partial charge in [-0.1, -0.05) is 30.3 Å². The third kappa shape index (κ3) is 5.23. The van der Waals surface area contributed by atoms with E-state index in [0.29, 0.717) is 12.0 Å². The van der Waals surface area contributed by atoms with Crippen molar-refractivity contribution >= 4 is 21.6 Å². The molecule has 3 aromatic rings. The van der Waals surface area contributed by atoms with Crippen molar-refractivity contribution in [3.63, 3.8) is 0 Å². The lowest BCUT2D eigenvalue weighted by Crippen LogP contribution is -2.29. The van der Waals surface area contributed by atoms with E-state index in [2.05, 4.69) is 4.98 Å². The minimum absolute atomic E-state index is 0.0595. The fourth-order valence-electron chi connectivity index (χ4n) is 2.47. The molecule has 0 radical (unpaired) electrons. The third-order valence-corrected chi connectivity index (χ3v) is 5.69. The maximum Gasteiger partial charge on any atom is 0.471 e. The third-order valence-electron chi connectivity index (χ3n) is 3.96. The van der Waals surface area contributed by atoms with Crippen molar-refractivity contribution in [2.24, 2.45) is 0 Å². The number of carbonyl (C=O) groups excluding carboxylic acids is 1. The van der Waals surface area contributed by atoms with Gasteiger partial charge in [-0.3, -0.25) is 10.1 Å². The van der Waals surface area contributed by atoms with E-state index in [1.807, 2.05) is 30.3 Å². The number of carbonyl (C=O) groups is 1. The maximum absolute atomic E-state index is 12.5. The molecule has 0 spiro atoms. The SMILES string of the molecule is O=C(Nc1cnc(-c2ccc(S(=O)(=O)CCc3ccccc3)cc2)o1)C(F)(F)F. The molecule has 0 aliphatic heterocycles. The number of rotatable bonds is 6. The molecular formula is C19H15F3N2O4S. The lowest BCUT2D eigenvalue weighted by molar-refractivity contribution is -0.167. The summed E-state index contributed by atoms with van der Waals surface area (Å²) in [6.45, 7) is 0. The zero-order valence-corrected chi connectivity index (χ0v) is 15.6. The van der Waals surface area contributed by atoms with Crippen LogP contribution in [-0.2, 0) is 21.1 Å². The number of hydrogen-bond donors (Lipinski definition) is 1. The first-order valence-electron chi connectivity index (χ1n) is 8.36. The second-order valence-electron chi connectivity index (χ2n) is 6.06. The summed E-state index contributed by atoms with van der Waals surface area (Å²) in [6, 6.07) is 14.8. The lowest BCUT2D eigenvalue weighted by Gasteiger charge is -2.06. The summed E-state index contributed by atoms with van der Waals surface area (Å²) in [4.78, 5) is 14.8. The number of oxazole rings is 1. The summed E-state index contributed by atoms with van der Waals surface area (Å²) in [5.74, 6) is -2.78. The molecule has 6 nitrogen and oxygen atoms in total. The van der Waals surface area contributed by atoms with Crippen molar-refractivity contribution in [3.8, 4) is 11.5 Å². The van der Waals surface area contributed by atoms with Gasteiger partial charge >= 0.3 is 12.1 Å². The highest BCUT2D eigenvalue weighted by molar-refractivity contribution is 7.91. The standard InChI is InChI=1S/C19H15F3N2O4S/c20-19(21,22)18(25)24-16-12-23-17(28-16)14-6-8-15(9-7-14)29(26,27)11-10-13-4-2-1-3-5-13/h1-9,12H,10-11H2,(H,24,25). The fraction of sp³-hybridized carbons (Fsp3) is 0.158. The van der Waals surface area contributed by atoms with Crippen molar-refractivity contribution in [2.75, 3.05) is 11.1 Å². The van der Waals surface area contributed by atoms with E-state index in [1.54, 1.807) is 5.32 Å². The van der Waals surface area contributed by atoms with E-state index in [1.165, 1.54) is 24.3 Å². The van der Waals surface area contributed by atoms with Gasteiger partial charge in [0.05, 0.1) is 16.8 Å². The van der Waals surface area contributed by atoms with E-state index in [-0.39, 0.29) is 16.5 Å². The van der Waals surface area contributed by atoms with Crippen LogP contribution >= 0.6 is 0 Å². The van der Waals surface area contributed by atoms with Crippen LogP contribution in [0, 0.1) is 0 Å². The van der Waals surface area contributed by atoms with Crippen LogP contribution in [0.2, 0.25) is 0 Å². The monoisotopic (exact) mass is 424 g/mol. The lowest BCUT2D eigenvalue weighted by atomic mass is 10.2. The van der Waals surface area contributed by atoms with E-state index in [0.717, 1.165) is 11.8 Å². The van der Waals surface area contributed by atoms with E-state index >= 15 is 0 Å². The molecule has 1 N–H and O–H groups in total. The Morgan fingerprint density at radius 3 is 2.31 bits per heavy atom. The molecule has 0 unspecified atom stereocenters. The van der Waals surface area contributed by atoms with Crippen LogP contribution in [-0.4, -0.2) is 31.2 Å². The first kappa shape index (κ1) is 20.6. The van der Waals surface area contributed by atoms with Gasteiger partial charge in [0, 0.05) is 5.56 Å². The minimum Gasteiger partial charge on any atom is -0.420 e. The number of amides is 1. The number of anilines is 1. The van der Waals surface area contributed by atoms with Crippen LogP contribution in [0.3, 0.4) is 0 Å². The predicted octanol–water partition coefficient (Wildman–Crippen LogP) is 3.86. The summed E-state index contributed by atoms with van der Waals surface area (Å²) < 4.78 is 66.8. The molecule has 0 bridgehead atoms. The molecule has 2 aromatic carbocycles. The van der Waals surface area contributed by atoms with Crippen LogP contribution in [0.1, 0.15) is 5.56 Å². The molecule has 0 fully saturated rings. The van der Waals surface area contributed by atoms with Crippen molar-refractivity contribution in [3.05, 3.63) is 66.4 Å². The molecule has 29 heavy (non-hydrogen) atoms. The van der Waals surface area contributed by atoms with Gasteiger partial charge in [-0.2, -0.15) is 13.2 Å². The van der Waals surface area contributed by atoms with Crippen LogP contribution < -0.4 is 5.32 Å². The number of nitrogens with zero attached hydrogens (tertiary/aromatic N) is 1. The molecule has 0 aliphatic rings. The summed E-state index contributed by atoms with van der Waals surface area (Å²) in [6.07, 6.45) is -3.75. The van der Waals surface area contributed by atoms with Gasteiger partial charge in [-0.05, 0) is 36.2 Å². The zero-order valence-electron chi connectivity index (χ0n) is 14.8. The number of alkyl halides is 3. The molecule has 1 amide bonds. The minimum atomic E-state index is -5.05. The summed E-state index contributed by atoms with van der Waals surface area (Å²) in [5, 5.41) is 1.55. The van der Waals surface area contributed by atoms with Crippen LogP contribution in [0.15, 0.2) is 70.1 Å². The van der Waals surface area contributed by atoms with Crippen LogP contribution in [0.5, 0.6) is 0 Å². The van der Waals surface area contributed by atoms with E-state index in [4.69, 9.17) is 4.42 Å². The van der Waals surface area contributed by atoms with E-state index in [9.17, 15) is 26.4 Å². The number of aromatic nitrogens is 1. The Hall–Kier alpha value is -3.14. The normalized spacial score (nSPS) is 12.0. The van der Waals surface area contributed by atoms with Gasteiger partial charge in [0.25, 0.3) is 0 Å². The van der Waals surface area contributed by atoms with Gasteiger partial charge in [-0.25, -0.2) is 13.4 Å². The maximum atomic E-state index is 12.5. The molecule has 10 heteroatoms. The highest BCUT2D eigenvalue weighted by Gasteiger charge is 2.39. The first-order chi connectivity index (χ1) is 13.6. The largest absolute Gasteiger partial charge is 0.471 e. The highest BCUT2D eigenvalue weighted by Crippen LogP contribution is 2.25. The van der Waals surface area contributed by atoms with Crippen LogP contribution in [0.25, 0.3) is 11.5 Å². The smallest absolute Gasteiger partial charge is 0.420 e. The van der Waals surface area contributed by atoms with Gasteiger partial charge in [0.1, 0.15) is 0 Å².